The van der Waals surface area contributed by atoms with Crippen LogP contribution < -0.4 is 14.2 Å². The summed E-state index contributed by atoms with van der Waals surface area (Å²) in [5, 5.41) is 0. The lowest BCUT2D eigenvalue weighted by atomic mass is 10.0. The van der Waals surface area contributed by atoms with Crippen LogP contribution in [0.25, 0.3) is 0 Å². The van der Waals surface area contributed by atoms with E-state index in [4.69, 9.17) is 14.2 Å². The lowest BCUT2D eigenvalue weighted by Crippen LogP contribution is -1.97. The fourth-order valence-corrected chi connectivity index (χ4v) is 2.79. The fraction of sp³-hybridized carbons (Fsp3) is 0.381. The van der Waals surface area contributed by atoms with Crippen LogP contribution in [0.15, 0.2) is 42.5 Å². The molecule has 2 aromatic carbocycles. The molecule has 0 aliphatic heterocycles. The lowest BCUT2D eigenvalue weighted by molar-refractivity contribution is 0.323. The number of hydrogen-bond acceptors (Lipinski definition) is 3. The van der Waals surface area contributed by atoms with Crippen LogP contribution >= 0.6 is 0 Å². The highest BCUT2D eigenvalue weighted by Crippen LogP contribution is 2.38. The van der Waals surface area contributed by atoms with Gasteiger partial charge in [-0.05, 0) is 61.8 Å². The molecule has 0 atom stereocenters. The van der Waals surface area contributed by atoms with Gasteiger partial charge in [0.25, 0.3) is 0 Å². The minimum absolute atomic E-state index is 0.651. The zero-order valence-corrected chi connectivity index (χ0v) is 14.9. The molecule has 0 bridgehead atoms. The topological polar surface area (TPSA) is 27.7 Å². The summed E-state index contributed by atoms with van der Waals surface area (Å²) in [6.45, 7) is 0. The quantitative estimate of drug-likeness (QED) is 0.583. The maximum Gasteiger partial charge on any atom is 0.203 e. The molecule has 1 radical (unpaired) electrons. The molecule has 129 valence electrons. The second-order valence-corrected chi connectivity index (χ2v) is 5.74. The maximum atomic E-state index is 5.40. The monoisotopic (exact) mass is 327 g/mol. The van der Waals surface area contributed by atoms with Crippen LogP contribution in [0.2, 0.25) is 0 Å². The van der Waals surface area contributed by atoms with E-state index in [1.165, 1.54) is 11.1 Å². The van der Waals surface area contributed by atoms with E-state index < -0.39 is 0 Å². The third-order valence-corrected chi connectivity index (χ3v) is 4.08. The van der Waals surface area contributed by atoms with Crippen LogP contribution in [0.5, 0.6) is 17.2 Å². The second-order valence-electron chi connectivity index (χ2n) is 5.74. The van der Waals surface area contributed by atoms with Gasteiger partial charge in [-0.15, -0.1) is 0 Å². The number of aryl methyl sites for hydroxylation is 2. The summed E-state index contributed by atoms with van der Waals surface area (Å²) in [4.78, 5) is 0. The SMILES string of the molecule is COc1cc(CCC[CH]CCc2ccccc2)cc(OC)c1OC. The number of hydrogen-bond donors (Lipinski definition) is 0. The minimum Gasteiger partial charge on any atom is -0.493 e. The van der Waals surface area contributed by atoms with Gasteiger partial charge in [0.05, 0.1) is 21.3 Å². The van der Waals surface area contributed by atoms with Gasteiger partial charge in [-0.1, -0.05) is 30.3 Å². The predicted octanol–water partition coefficient (Wildman–Crippen LogP) is 4.87. The standard InChI is InChI=1S/C21H27O3/c1-22-19-15-18(16-20(23-2)21(19)24-3)14-8-5-4-7-11-17-12-9-6-10-13-17/h4,6,9-10,12-13,15-16H,5,7-8,11,14H2,1-3H3. The fourth-order valence-electron chi connectivity index (χ4n) is 2.79. The Morgan fingerprint density at radius 2 is 1.42 bits per heavy atom. The van der Waals surface area contributed by atoms with Crippen molar-refractivity contribution in [3.8, 4) is 17.2 Å². The molecule has 0 heterocycles. The largest absolute Gasteiger partial charge is 0.493 e. The van der Waals surface area contributed by atoms with Crippen LogP contribution in [0, 0.1) is 6.42 Å². The summed E-state index contributed by atoms with van der Waals surface area (Å²) < 4.78 is 16.2. The van der Waals surface area contributed by atoms with Crippen molar-refractivity contribution in [3.63, 3.8) is 0 Å². The molecule has 0 saturated heterocycles. The highest BCUT2D eigenvalue weighted by Gasteiger charge is 2.12. The van der Waals surface area contributed by atoms with Gasteiger partial charge in [-0.25, -0.2) is 0 Å². The van der Waals surface area contributed by atoms with Gasteiger partial charge in [0.15, 0.2) is 11.5 Å². The van der Waals surface area contributed by atoms with Crippen molar-refractivity contribution >= 4 is 0 Å². The van der Waals surface area contributed by atoms with Crippen LogP contribution in [0.3, 0.4) is 0 Å². The number of benzene rings is 2. The molecule has 0 spiro atoms. The molecule has 24 heavy (non-hydrogen) atoms. The van der Waals surface area contributed by atoms with E-state index in [0.717, 1.165) is 43.6 Å². The molecular formula is C21H27O3. The third-order valence-electron chi connectivity index (χ3n) is 4.08. The van der Waals surface area contributed by atoms with Gasteiger partial charge >= 0.3 is 0 Å². The van der Waals surface area contributed by atoms with Gasteiger partial charge < -0.3 is 14.2 Å². The average molecular weight is 327 g/mol. The Morgan fingerprint density at radius 1 is 0.750 bits per heavy atom. The van der Waals surface area contributed by atoms with Crippen molar-refractivity contribution in [1.82, 2.24) is 0 Å². The van der Waals surface area contributed by atoms with Gasteiger partial charge in [-0.3, -0.25) is 0 Å². The number of ether oxygens (including phenoxy) is 3. The molecular weight excluding hydrogens is 300 g/mol. The van der Waals surface area contributed by atoms with Crippen molar-refractivity contribution in [1.29, 1.82) is 0 Å². The molecule has 0 fully saturated rings. The van der Waals surface area contributed by atoms with E-state index in [1.54, 1.807) is 21.3 Å². The lowest BCUT2D eigenvalue weighted by Gasteiger charge is -2.14. The summed E-state index contributed by atoms with van der Waals surface area (Å²) in [5.74, 6) is 2.10. The second kappa shape index (κ2) is 9.86. The van der Waals surface area contributed by atoms with Crippen LogP contribution in [0.4, 0.5) is 0 Å². The zero-order chi connectivity index (χ0) is 17.2. The molecule has 3 heteroatoms. The Morgan fingerprint density at radius 3 is 2.00 bits per heavy atom. The van der Waals surface area contributed by atoms with Crippen molar-refractivity contribution in [2.24, 2.45) is 0 Å². The smallest absolute Gasteiger partial charge is 0.203 e. The Balaban J connectivity index is 1.77. The van der Waals surface area contributed by atoms with E-state index in [2.05, 4.69) is 36.8 Å². The van der Waals surface area contributed by atoms with E-state index in [1.807, 2.05) is 12.1 Å². The molecule has 2 rings (SSSR count). The normalized spacial score (nSPS) is 10.5. The summed E-state index contributed by atoms with van der Waals surface area (Å²) >= 11 is 0. The first kappa shape index (κ1) is 18.2. The van der Waals surface area contributed by atoms with Crippen molar-refractivity contribution in [3.05, 3.63) is 60.0 Å². The van der Waals surface area contributed by atoms with Crippen LogP contribution in [-0.4, -0.2) is 21.3 Å². The highest BCUT2D eigenvalue weighted by atomic mass is 16.5. The number of unbranched alkanes of at least 4 members (excludes halogenated alkanes) is 3. The van der Waals surface area contributed by atoms with E-state index in [9.17, 15) is 0 Å². The van der Waals surface area contributed by atoms with Crippen molar-refractivity contribution < 1.29 is 14.2 Å². The van der Waals surface area contributed by atoms with Gasteiger partial charge in [0, 0.05) is 0 Å². The Kier molecular flexibility index (Phi) is 7.47. The average Bonchev–Trinajstić information content (AvgIpc) is 2.64. The Labute approximate surface area is 145 Å². The molecule has 0 aromatic heterocycles. The molecule has 0 amide bonds. The number of methoxy groups -OCH3 is 3. The van der Waals surface area contributed by atoms with Crippen LogP contribution in [-0.2, 0) is 12.8 Å². The highest BCUT2D eigenvalue weighted by molar-refractivity contribution is 5.53. The third kappa shape index (κ3) is 5.19. The summed E-state index contributed by atoms with van der Waals surface area (Å²) in [5.41, 5.74) is 2.61. The van der Waals surface area contributed by atoms with Crippen molar-refractivity contribution in [2.45, 2.75) is 32.1 Å². The minimum atomic E-state index is 0.651. The van der Waals surface area contributed by atoms with Gasteiger partial charge in [-0.2, -0.15) is 0 Å². The molecule has 3 nitrogen and oxygen atoms in total. The Bertz CT molecular complexity index is 583. The first-order valence-electron chi connectivity index (χ1n) is 8.43. The molecule has 0 aliphatic rings. The molecule has 2 aromatic rings. The predicted molar refractivity (Wildman–Crippen MR) is 98.1 cm³/mol. The summed E-state index contributed by atoms with van der Waals surface area (Å²) in [6.07, 6.45) is 7.85. The number of rotatable bonds is 10. The van der Waals surface area contributed by atoms with E-state index in [-0.39, 0.29) is 0 Å². The van der Waals surface area contributed by atoms with Crippen molar-refractivity contribution in [2.75, 3.05) is 21.3 Å². The van der Waals surface area contributed by atoms with Gasteiger partial charge in [0.2, 0.25) is 5.75 Å². The van der Waals surface area contributed by atoms with Gasteiger partial charge in [0.1, 0.15) is 0 Å². The van der Waals surface area contributed by atoms with E-state index >= 15 is 0 Å². The maximum absolute atomic E-state index is 5.40. The summed E-state index contributed by atoms with van der Waals surface area (Å²) in [6, 6.07) is 14.7. The Hall–Kier alpha value is -2.16. The van der Waals surface area contributed by atoms with E-state index in [0.29, 0.717) is 5.75 Å². The zero-order valence-electron chi connectivity index (χ0n) is 14.9. The first-order valence-corrected chi connectivity index (χ1v) is 8.43. The molecule has 0 aliphatic carbocycles. The van der Waals surface area contributed by atoms with Crippen LogP contribution in [0.1, 0.15) is 30.4 Å². The molecule has 0 unspecified atom stereocenters. The molecule has 0 saturated carbocycles. The first-order chi connectivity index (χ1) is 11.8. The summed E-state index contributed by atoms with van der Waals surface area (Å²) in [7, 11) is 4.93. The molecule has 0 N–H and O–H groups in total.